The summed E-state index contributed by atoms with van der Waals surface area (Å²) in [7, 11) is -3.49. The third-order valence-corrected chi connectivity index (χ3v) is 7.79. The SMILES string of the molecule is O=C(C=Cc1cccnc1)N1CCN(S(=O)(=O)c2ccc(Br)s2)CC1. The molecule has 6 nitrogen and oxygen atoms in total. The molecule has 132 valence electrons. The van der Waals surface area contributed by atoms with Crippen molar-refractivity contribution >= 4 is 49.3 Å². The van der Waals surface area contributed by atoms with Gasteiger partial charge in [-0.2, -0.15) is 4.31 Å². The van der Waals surface area contributed by atoms with Gasteiger partial charge in [0.2, 0.25) is 5.91 Å². The van der Waals surface area contributed by atoms with Gasteiger partial charge in [-0.15, -0.1) is 11.3 Å². The molecule has 0 saturated carbocycles. The topological polar surface area (TPSA) is 70.6 Å². The van der Waals surface area contributed by atoms with E-state index in [-0.39, 0.29) is 5.91 Å². The van der Waals surface area contributed by atoms with Crippen LogP contribution < -0.4 is 0 Å². The van der Waals surface area contributed by atoms with Crippen LogP contribution in [0, 0.1) is 0 Å². The maximum Gasteiger partial charge on any atom is 0.252 e. The zero-order valence-corrected chi connectivity index (χ0v) is 16.4. The molecule has 3 heterocycles. The summed E-state index contributed by atoms with van der Waals surface area (Å²) in [6.45, 7) is 1.35. The van der Waals surface area contributed by atoms with Crippen LogP contribution >= 0.6 is 27.3 Å². The van der Waals surface area contributed by atoms with Crippen molar-refractivity contribution in [3.05, 3.63) is 52.1 Å². The van der Waals surface area contributed by atoms with Crippen LogP contribution in [0.3, 0.4) is 0 Å². The second-order valence-electron chi connectivity index (χ2n) is 5.41. The Bertz CT molecular complexity index is 873. The van der Waals surface area contributed by atoms with Crippen LogP contribution in [0.2, 0.25) is 0 Å². The number of carbonyl (C=O) groups is 1. The van der Waals surface area contributed by atoms with E-state index in [0.717, 1.165) is 9.35 Å². The number of carbonyl (C=O) groups excluding carboxylic acids is 1. The van der Waals surface area contributed by atoms with E-state index in [9.17, 15) is 13.2 Å². The molecule has 25 heavy (non-hydrogen) atoms. The van der Waals surface area contributed by atoms with Crippen LogP contribution in [-0.4, -0.2) is 54.7 Å². The van der Waals surface area contributed by atoms with Crippen molar-refractivity contribution in [1.82, 2.24) is 14.2 Å². The molecular weight excluding hydrogens is 426 g/mol. The third kappa shape index (κ3) is 4.35. The number of piperazine rings is 1. The molecule has 1 amide bonds. The summed E-state index contributed by atoms with van der Waals surface area (Å²) in [6, 6.07) is 6.98. The van der Waals surface area contributed by atoms with Crippen LogP contribution in [0.4, 0.5) is 0 Å². The fourth-order valence-electron chi connectivity index (χ4n) is 2.46. The Morgan fingerprint density at radius 1 is 1.20 bits per heavy atom. The average Bonchev–Trinajstić information content (AvgIpc) is 3.08. The van der Waals surface area contributed by atoms with E-state index in [2.05, 4.69) is 20.9 Å². The zero-order valence-electron chi connectivity index (χ0n) is 13.2. The van der Waals surface area contributed by atoms with E-state index in [1.165, 1.54) is 21.7 Å². The molecule has 2 aromatic heterocycles. The summed E-state index contributed by atoms with van der Waals surface area (Å²) in [5.41, 5.74) is 0.848. The molecule has 0 atom stereocenters. The lowest BCUT2D eigenvalue weighted by Gasteiger charge is -2.33. The molecule has 0 bridgehead atoms. The van der Waals surface area contributed by atoms with Crippen molar-refractivity contribution in [3.63, 3.8) is 0 Å². The van der Waals surface area contributed by atoms with Crippen molar-refractivity contribution in [2.24, 2.45) is 0 Å². The van der Waals surface area contributed by atoms with Crippen molar-refractivity contribution in [2.75, 3.05) is 26.2 Å². The number of nitrogens with zero attached hydrogens (tertiary/aromatic N) is 3. The third-order valence-electron chi connectivity index (χ3n) is 3.80. The minimum Gasteiger partial charge on any atom is -0.337 e. The van der Waals surface area contributed by atoms with Gasteiger partial charge in [-0.3, -0.25) is 9.78 Å². The molecule has 0 N–H and O–H groups in total. The van der Waals surface area contributed by atoms with Gasteiger partial charge in [0.15, 0.2) is 0 Å². The smallest absolute Gasteiger partial charge is 0.252 e. The number of sulfonamides is 1. The summed E-state index contributed by atoms with van der Waals surface area (Å²) in [5, 5.41) is 0. The summed E-state index contributed by atoms with van der Waals surface area (Å²) in [6.07, 6.45) is 6.55. The second-order valence-corrected chi connectivity index (χ2v) is 10.0. The molecule has 0 aromatic carbocycles. The number of rotatable bonds is 4. The van der Waals surface area contributed by atoms with Gasteiger partial charge < -0.3 is 4.90 Å². The Morgan fingerprint density at radius 2 is 1.96 bits per heavy atom. The predicted molar refractivity (Wildman–Crippen MR) is 101 cm³/mol. The van der Waals surface area contributed by atoms with E-state index in [1.54, 1.807) is 41.6 Å². The summed E-state index contributed by atoms with van der Waals surface area (Å²) in [4.78, 5) is 17.9. The second kappa shape index (κ2) is 7.77. The Balaban J connectivity index is 1.60. The largest absolute Gasteiger partial charge is 0.337 e. The lowest BCUT2D eigenvalue weighted by Crippen LogP contribution is -2.50. The standard InChI is InChI=1S/C16H16BrN3O3S2/c17-14-4-6-16(24-14)25(22,23)20-10-8-19(9-11-20)15(21)5-3-13-2-1-7-18-12-13/h1-7,12H,8-11H2. The van der Waals surface area contributed by atoms with Crippen molar-refractivity contribution in [1.29, 1.82) is 0 Å². The maximum atomic E-state index is 12.6. The highest BCUT2D eigenvalue weighted by Crippen LogP contribution is 2.28. The first kappa shape index (κ1) is 18.2. The number of thiophene rings is 1. The fourth-order valence-corrected chi connectivity index (χ4v) is 6.05. The van der Waals surface area contributed by atoms with Gasteiger partial charge >= 0.3 is 0 Å². The average molecular weight is 442 g/mol. The first-order valence-corrected chi connectivity index (χ1v) is 10.6. The normalized spacial score (nSPS) is 16.4. The molecule has 0 radical (unpaired) electrons. The van der Waals surface area contributed by atoms with E-state index >= 15 is 0 Å². The number of aromatic nitrogens is 1. The minimum absolute atomic E-state index is 0.125. The van der Waals surface area contributed by atoms with Gasteiger partial charge in [0.05, 0.1) is 3.79 Å². The molecule has 0 aliphatic carbocycles. The molecule has 9 heteroatoms. The summed E-state index contributed by atoms with van der Waals surface area (Å²) < 4.78 is 27.7. The minimum atomic E-state index is -3.49. The van der Waals surface area contributed by atoms with Crippen LogP contribution in [0.15, 0.2) is 50.7 Å². The molecule has 0 spiro atoms. The monoisotopic (exact) mass is 441 g/mol. The Morgan fingerprint density at radius 3 is 2.56 bits per heavy atom. The molecule has 3 rings (SSSR count). The molecule has 1 aliphatic heterocycles. The van der Waals surface area contributed by atoms with E-state index in [0.29, 0.717) is 30.4 Å². The predicted octanol–water partition coefficient (Wildman–Crippen LogP) is 2.45. The molecule has 1 fully saturated rings. The lowest BCUT2D eigenvalue weighted by molar-refractivity contribution is -0.127. The van der Waals surface area contributed by atoms with Gasteiger partial charge in [0.1, 0.15) is 4.21 Å². The highest BCUT2D eigenvalue weighted by atomic mass is 79.9. The van der Waals surface area contributed by atoms with Gasteiger partial charge in [-0.25, -0.2) is 8.42 Å². The zero-order chi connectivity index (χ0) is 17.9. The number of pyridine rings is 1. The van der Waals surface area contributed by atoms with Crippen LogP contribution in [-0.2, 0) is 14.8 Å². The van der Waals surface area contributed by atoms with Gasteiger partial charge in [-0.1, -0.05) is 6.07 Å². The molecule has 2 aromatic rings. The Hall–Kier alpha value is -1.55. The van der Waals surface area contributed by atoms with Crippen LogP contribution in [0.1, 0.15) is 5.56 Å². The van der Waals surface area contributed by atoms with Crippen LogP contribution in [0.5, 0.6) is 0 Å². The highest BCUT2D eigenvalue weighted by Gasteiger charge is 2.30. The number of hydrogen-bond acceptors (Lipinski definition) is 5. The van der Waals surface area contributed by atoms with Gasteiger partial charge in [-0.05, 0) is 45.8 Å². The first-order chi connectivity index (χ1) is 12.0. The molecule has 1 saturated heterocycles. The van der Waals surface area contributed by atoms with E-state index < -0.39 is 10.0 Å². The number of halogens is 1. The van der Waals surface area contributed by atoms with E-state index in [4.69, 9.17) is 0 Å². The molecular formula is C16H16BrN3O3S2. The van der Waals surface area contributed by atoms with Gasteiger partial charge in [0.25, 0.3) is 10.0 Å². The number of hydrogen-bond donors (Lipinski definition) is 0. The first-order valence-electron chi connectivity index (χ1n) is 7.59. The quantitative estimate of drug-likeness (QED) is 0.683. The van der Waals surface area contributed by atoms with Crippen molar-refractivity contribution < 1.29 is 13.2 Å². The summed E-state index contributed by atoms with van der Waals surface area (Å²) >= 11 is 4.47. The maximum absolute atomic E-state index is 12.6. The molecule has 1 aliphatic rings. The Labute approximate surface area is 159 Å². The lowest BCUT2D eigenvalue weighted by atomic mass is 10.2. The molecule has 0 unspecified atom stereocenters. The van der Waals surface area contributed by atoms with E-state index in [1.807, 2.05) is 6.07 Å². The van der Waals surface area contributed by atoms with Crippen molar-refractivity contribution in [2.45, 2.75) is 4.21 Å². The fraction of sp³-hybridized carbons (Fsp3) is 0.250. The van der Waals surface area contributed by atoms with Crippen LogP contribution in [0.25, 0.3) is 6.08 Å². The van der Waals surface area contributed by atoms with Gasteiger partial charge in [0, 0.05) is 44.6 Å². The number of amides is 1. The van der Waals surface area contributed by atoms with Crippen molar-refractivity contribution in [3.8, 4) is 0 Å². The highest BCUT2D eigenvalue weighted by molar-refractivity contribution is 9.11. The summed E-state index contributed by atoms with van der Waals surface area (Å²) in [5.74, 6) is -0.125. The Kier molecular flexibility index (Phi) is 5.67.